The minimum Gasteiger partial charge on any atom is -0.444 e. The van der Waals surface area contributed by atoms with Crippen LogP contribution in [0.2, 0.25) is 0 Å². The normalized spacial score (nSPS) is 17.3. The van der Waals surface area contributed by atoms with E-state index in [4.69, 9.17) is 9.29 Å². The molecule has 1 aliphatic rings. The number of anilines is 2. The van der Waals surface area contributed by atoms with Crippen molar-refractivity contribution in [1.29, 1.82) is 0 Å². The van der Waals surface area contributed by atoms with Gasteiger partial charge in [0, 0.05) is 49.8 Å². The Hall–Kier alpha value is -2.01. The van der Waals surface area contributed by atoms with Crippen molar-refractivity contribution < 1.29 is 31.3 Å². The van der Waals surface area contributed by atoms with Crippen LogP contribution in [-0.4, -0.2) is 54.4 Å². The summed E-state index contributed by atoms with van der Waals surface area (Å²) in [5.74, 6) is -3.16. The van der Waals surface area contributed by atoms with Crippen LogP contribution in [0.3, 0.4) is 0 Å². The van der Waals surface area contributed by atoms with Crippen molar-refractivity contribution in [1.82, 2.24) is 4.98 Å². The van der Waals surface area contributed by atoms with Gasteiger partial charge in [-0.1, -0.05) is 0 Å². The van der Waals surface area contributed by atoms with E-state index in [-0.39, 0.29) is 38.2 Å². The minimum atomic E-state index is -4.20. The molecule has 2 heterocycles. The van der Waals surface area contributed by atoms with E-state index in [1.54, 1.807) is 31.7 Å². The Morgan fingerprint density at radius 2 is 1.93 bits per heavy atom. The lowest BCUT2D eigenvalue weighted by Gasteiger charge is -2.33. The summed E-state index contributed by atoms with van der Waals surface area (Å²) in [7, 11) is -4.20. The van der Waals surface area contributed by atoms with Gasteiger partial charge in [-0.3, -0.25) is 9.87 Å². The molecule has 0 spiro atoms. The van der Waals surface area contributed by atoms with Crippen LogP contribution in [0.5, 0.6) is 0 Å². The second kappa shape index (κ2) is 8.16. The first kappa shape index (κ1) is 22.3. The molecule has 0 aromatic carbocycles. The molecule has 0 aliphatic carbocycles. The molecule has 1 aliphatic heterocycles. The monoisotopic (exact) mass is 421 g/mol. The van der Waals surface area contributed by atoms with Gasteiger partial charge < -0.3 is 9.64 Å². The van der Waals surface area contributed by atoms with Crippen molar-refractivity contribution in [3.05, 3.63) is 17.8 Å². The molecule has 0 unspecified atom stereocenters. The van der Waals surface area contributed by atoms with Gasteiger partial charge in [0.25, 0.3) is 16.0 Å². The summed E-state index contributed by atoms with van der Waals surface area (Å²) >= 11 is 0. The highest BCUT2D eigenvalue weighted by Gasteiger charge is 2.34. The molecule has 158 valence electrons. The molecular weight excluding hydrogens is 396 g/mol. The number of hydrogen-bond donors (Lipinski definition) is 2. The topological polar surface area (TPSA) is 109 Å². The lowest BCUT2D eigenvalue weighted by molar-refractivity contribution is -0.0220. The van der Waals surface area contributed by atoms with Crippen LogP contribution in [0.15, 0.2) is 12.1 Å². The van der Waals surface area contributed by atoms with E-state index in [2.05, 4.69) is 10.3 Å². The molecule has 1 fully saturated rings. The predicted molar refractivity (Wildman–Crippen MR) is 101 cm³/mol. The van der Waals surface area contributed by atoms with E-state index in [9.17, 15) is 22.0 Å². The van der Waals surface area contributed by atoms with Gasteiger partial charge in [-0.2, -0.15) is 8.42 Å². The third-order valence-electron chi connectivity index (χ3n) is 3.97. The third kappa shape index (κ3) is 7.55. The van der Waals surface area contributed by atoms with Crippen LogP contribution in [0.1, 0.15) is 39.3 Å². The number of rotatable bonds is 5. The SMILES string of the molecule is CC(C)(C)OC(=O)Nc1cc(N2CCC(F)(F)CC2)cc(CCS(=O)(=O)O)n1. The van der Waals surface area contributed by atoms with Gasteiger partial charge in [0.05, 0.1) is 5.75 Å². The molecule has 1 amide bonds. The van der Waals surface area contributed by atoms with E-state index in [0.29, 0.717) is 11.4 Å². The second-order valence-electron chi connectivity index (χ2n) is 7.71. The molecule has 1 saturated heterocycles. The molecule has 8 nitrogen and oxygen atoms in total. The Morgan fingerprint density at radius 1 is 1.32 bits per heavy atom. The molecule has 0 radical (unpaired) electrons. The maximum atomic E-state index is 13.4. The van der Waals surface area contributed by atoms with Gasteiger partial charge in [-0.15, -0.1) is 0 Å². The first-order valence-corrected chi connectivity index (χ1v) is 10.4. The second-order valence-corrected chi connectivity index (χ2v) is 9.28. The number of halogens is 2. The maximum Gasteiger partial charge on any atom is 0.413 e. The molecule has 2 rings (SSSR count). The van der Waals surface area contributed by atoms with Crippen LogP contribution in [0.4, 0.5) is 25.1 Å². The van der Waals surface area contributed by atoms with Crippen LogP contribution >= 0.6 is 0 Å². The fraction of sp³-hybridized carbons (Fsp3) is 0.647. The summed E-state index contributed by atoms with van der Waals surface area (Å²) in [5.41, 5.74) is 0.0916. The molecule has 28 heavy (non-hydrogen) atoms. The number of carbonyl (C=O) groups excluding carboxylic acids is 1. The summed E-state index contributed by atoms with van der Waals surface area (Å²) in [6.07, 6.45) is -1.45. The Bertz CT molecular complexity index is 815. The highest BCUT2D eigenvalue weighted by molar-refractivity contribution is 7.85. The van der Waals surface area contributed by atoms with Crippen molar-refractivity contribution in [3.8, 4) is 0 Å². The smallest absolute Gasteiger partial charge is 0.413 e. The molecule has 0 bridgehead atoms. The van der Waals surface area contributed by atoms with Gasteiger partial charge in [0.2, 0.25) is 0 Å². The van der Waals surface area contributed by atoms with E-state index < -0.39 is 33.5 Å². The van der Waals surface area contributed by atoms with Crippen molar-refractivity contribution >= 4 is 27.7 Å². The van der Waals surface area contributed by atoms with E-state index in [1.807, 2.05) is 0 Å². The van der Waals surface area contributed by atoms with E-state index in [0.717, 1.165) is 0 Å². The van der Waals surface area contributed by atoms with Crippen LogP contribution in [-0.2, 0) is 21.3 Å². The number of nitrogens with zero attached hydrogens (tertiary/aromatic N) is 2. The number of alkyl halides is 2. The summed E-state index contributed by atoms with van der Waals surface area (Å²) in [5, 5.41) is 2.47. The number of aromatic nitrogens is 1. The number of hydrogen-bond acceptors (Lipinski definition) is 6. The van der Waals surface area contributed by atoms with Gasteiger partial charge in [0.1, 0.15) is 11.4 Å². The Morgan fingerprint density at radius 3 is 2.46 bits per heavy atom. The van der Waals surface area contributed by atoms with Crippen LogP contribution in [0.25, 0.3) is 0 Å². The fourth-order valence-electron chi connectivity index (χ4n) is 2.68. The van der Waals surface area contributed by atoms with Gasteiger partial charge in [-0.25, -0.2) is 18.6 Å². The molecule has 11 heteroatoms. The quantitative estimate of drug-likeness (QED) is 0.703. The predicted octanol–water partition coefficient (Wildman–Crippen LogP) is 3.09. The highest BCUT2D eigenvalue weighted by atomic mass is 32.2. The average molecular weight is 421 g/mol. The highest BCUT2D eigenvalue weighted by Crippen LogP contribution is 2.31. The summed E-state index contributed by atoms with van der Waals surface area (Å²) in [4.78, 5) is 17.9. The molecule has 1 aromatic heterocycles. The lowest BCUT2D eigenvalue weighted by Crippen LogP contribution is -2.39. The number of amides is 1. The third-order valence-corrected chi connectivity index (χ3v) is 4.69. The number of piperidine rings is 1. The number of ether oxygens (including phenoxy) is 1. The number of nitrogens with one attached hydrogen (secondary N) is 1. The van der Waals surface area contributed by atoms with E-state index >= 15 is 0 Å². The Labute approximate surface area is 163 Å². The van der Waals surface area contributed by atoms with Crippen LogP contribution in [0, 0.1) is 0 Å². The standard InChI is InChI=1S/C17H25F2N3O5S/c1-16(2,3)27-15(23)21-14-11-13(22-7-5-17(18,19)6-8-22)10-12(20-14)4-9-28(24,25)26/h10-11H,4-9H2,1-3H3,(H,20,21,23)(H,24,25,26). The number of pyridine rings is 1. The zero-order valence-electron chi connectivity index (χ0n) is 16.0. The molecule has 1 aromatic rings. The Kier molecular flexibility index (Phi) is 6.49. The first-order valence-electron chi connectivity index (χ1n) is 8.81. The number of carbonyl (C=O) groups is 1. The van der Waals surface area contributed by atoms with Gasteiger partial charge in [0.15, 0.2) is 0 Å². The fourth-order valence-corrected chi connectivity index (χ4v) is 3.15. The van der Waals surface area contributed by atoms with Gasteiger partial charge in [-0.05, 0) is 26.8 Å². The summed E-state index contributed by atoms with van der Waals surface area (Å²) in [6, 6.07) is 3.08. The molecule has 0 saturated carbocycles. The average Bonchev–Trinajstić information content (AvgIpc) is 2.50. The molecule has 2 N–H and O–H groups in total. The van der Waals surface area contributed by atoms with Gasteiger partial charge >= 0.3 is 6.09 Å². The first-order chi connectivity index (χ1) is 12.7. The maximum absolute atomic E-state index is 13.4. The summed E-state index contributed by atoms with van der Waals surface area (Å²) < 4.78 is 63.0. The lowest BCUT2D eigenvalue weighted by atomic mass is 10.1. The zero-order valence-corrected chi connectivity index (χ0v) is 16.9. The molecular formula is C17H25F2N3O5S. The van der Waals surface area contributed by atoms with Crippen molar-refractivity contribution in [3.63, 3.8) is 0 Å². The largest absolute Gasteiger partial charge is 0.444 e. The zero-order chi connectivity index (χ0) is 21.2. The Balaban J connectivity index is 2.24. The van der Waals surface area contributed by atoms with Crippen molar-refractivity contribution in [2.45, 2.75) is 51.6 Å². The van der Waals surface area contributed by atoms with E-state index in [1.165, 1.54) is 6.07 Å². The van der Waals surface area contributed by atoms with Crippen molar-refractivity contribution in [2.75, 3.05) is 29.1 Å². The van der Waals surface area contributed by atoms with Crippen molar-refractivity contribution in [2.24, 2.45) is 0 Å². The van der Waals surface area contributed by atoms with Crippen LogP contribution < -0.4 is 10.2 Å². The number of aryl methyl sites for hydroxylation is 1. The molecule has 0 atom stereocenters. The summed E-state index contributed by atoms with van der Waals surface area (Å²) in [6.45, 7) is 5.31. The minimum absolute atomic E-state index is 0.0975.